The maximum atomic E-state index is 12.2. The molecule has 0 saturated carbocycles. The Labute approximate surface area is 132 Å². The molecule has 1 saturated heterocycles. The van der Waals surface area contributed by atoms with Crippen LogP contribution >= 0.6 is 0 Å². The van der Waals surface area contributed by atoms with Crippen molar-refractivity contribution in [3.8, 4) is 0 Å². The van der Waals surface area contributed by atoms with E-state index in [9.17, 15) is 20.1 Å². The number of rotatable bonds is 3. The molecule has 3 heterocycles. The Morgan fingerprint density at radius 1 is 1.48 bits per heavy atom. The Morgan fingerprint density at radius 2 is 2.17 bits per heavy atom. The molecule has 11 heteroatoms. The van der Waals surface area contributed by atoms with Crippen LogP contribution in [0, 0.1) is 0 Å². The highest BCUT2D eigenvalue weighted by molar-refractivity contribution is 6.67. The van der Waals surface area contributed by atoms with Gasteiger partial charge in [-0.3, -0.25) is 20.4 Å². The van der Waals surface area contributed by atoms with E-state index in [2.05, 4.69) is 15.3 Å². The topological polar surface area (TPSA) is 156 Å². The normalized spacial score (nSPS) is 40.1. The number of hydrogen-bond acceptors (Lipinski definition) is 10. The number of aliphatic hydroxyl groups excluding tert-OH is 3. The third kappa shape index (κ3) is 2.41. The van der Waals surface area contributed by atoms with Gasteiger partial charge < -0.3 is 30.3 Å². The molecule has 3 rings (SSSR count). The summed E-state index contributed by atoms with van der Waals surface area (Å²) in [4.78, 5) is 23.5. The van der Waals surface area contributed by atoms with Crippen molar-refractivity contribution in [1.29, 1.82) is 0 Å². The Hall–Kier alpha value is -1.63. The molecule has 1 fully saturated rings. The van der Waals surface area contributed by atoms with Crippen LogP contribution in [0.15, 0.2) is 9.98 Å². The van der Waals surface area contributed by atoms with Gasteiger partial charge in [0.1, 0.15) is 25.0 Å². The molecule has 1 unspecified atom stereocenters. The van der Waals surface area contributed by atoms with E-state index in [0.29, 0.717) is 0 Å². The van der Waals surface area contributed by atoms with Gasteiger partial charge in [0, 0.05) is 0 Å². The molecule has 0 aromatic carbocycles. The van der Waals surface area contributed by atoms with Crippen molar-refractivity contribution >= 4 is 17.5 Å². The smallest absolute Gasteiger partial charge is 0.277 e. The first kappa shape index (κ1) is 16.2. The molecule has 0 aromatic heterocycles. The largest absolute Gasteiger partial charge is 0.394 e. The average molecular weight is 328 g/mol. The number of hydrogen-bond donors (Lipinski definition) is 5. The number of amidine groups is 1. The second kappa shape index (κ2) is 5.47. The SMILES string of the molecule is CN(C)C1(N)N=C2C(=NCN2[C@@H]2O[C@H](CO)[C@@H](O)[C@H]2O)C(=O)N1. The zero-order valence-electron chi connectivity index (χ0n) is 12.7. The summed E-state index contributed by atoms with van der Waals surface area (Å²) in [6.45, 7) is -0.417. The van der Waals surface area contributed by atoms with Gasteiger partial charge in [-0.15, -0.1) is 0 Å². The fourth-order valence-corrected chi connectivity index (χ4v) is 2.68. The molecule has 0 aromatic rings. The summed E-state index contributed by atoms with van der Waals surface area (Å²) < 4.78 is 5.47. The van der Waals surface area contributed by atoms with E-state index >= 15 is 0 Å². The summed E-state index contributed by atoms with van der Waals surface area (Å²) in [6, 6.07) is 0. The van der Waals surface area contributed by atoms with Crippen molar-refractivity contribution in [3.05, 3.63) is 0 Å². The van der Waals surface area contributed by atoms with E-state index in [1.165, 1.54) is 9.80 Å². The number of aliphatic imine (C=N–C) groups is 2. The predicted molar refractivity (Wildman–Crippen MR) is 78.1 cm³/mol. The molecule has 3 aliphatic heterocycles. The first-order chi connectivity index (χ1) is 10.8. The van der Waals surface area contributed by atoms with E-state index < -0.39 is 43.0 Å². The van der Waals surface area contributed by atoms with Crippen molar-refractivity contribution in [2.24, 2.45) is 15.7 Å². The standard InChI is InChI=1S/C12H20N6O5/c1-17(2)12(13)15-9-6(10(22)16-12)14-4-18(9)11-8(21)7(20)5(3-19)23-11/h5,7-8,11,19-21H,3-4,13H2,1-2H3,(H,16,22)/t5-,7-,8-,11-,12?/m1/s1. The molecule has 6 N–H and O–H groups in total. The van der Waals surface area contributed by atoms with Gasteiger partial charge in [-0.2, -0.15) is 0 Å². The summed E-state index contributed by atoms with van der Waals surface area (Å²) in [6.07, 6.45) is -4.43. The van der Waals surface area contributed by atoms with Crippen molar-refractivity contribution in [1.82, 2.24) is 15.1 Å². The number of ether oxygens (including phenoxy) is 1. The molecular weight excluding hydrogens is 308 g/mol. The lowest BCUT2D eigenvalue weighted by atomic mass is 10.1. The maximum Gasteiger partial charge on any atom is 0.277 e. The monoisotopic (exact) mass is 328 g/mol. The van der Waals surface area contributed by atoms with Crippen molar-refractivity contribution in [2.45, 2.75) is 30.5 Å². The van der Waals surface area contributed by atoms with Gasteiger partial charge in [0.25, 0.3) is 5.91 Å². The quantitative estimate of drug-likeness (QED) is 0.326. The number of carbonyl (C=O) groups is 1. The van der Waals surface area contributed by atoms with Crippen LogP contribution in [-0.2, 0) is 9.53 Å². The number of carbonyl (C=O) groups excluding carboxylic acids is 1. The summed E-state index contributed by atoms with van der Waals surface area (Å²) in [5.41, 5.74) is 6.15. The van der Waals surface area contributed by atoms with Gasteiger partial charge in [-0.05, 0) is 14.1 Å². The molecule has 1 amide bonds. The van der Waals surface area contributed by atoms with Crippen LogP contribution in [0.1, 0.15) is 0 Å². The van der Waals surface area contributed by atoms with Crippen LogP contribution in [0.3, 0.4) is 0 Å². The van der Waals surface area contributed by atoms with Crippen LogP contribution in [0.25, 0.3) is 0 Å². The molecule has 5 atom stereocenters. The van der Waals surface area contributed by atoms with Gasteiger partial charge in [-0.25, -0.2) is 4.99 Å². The van der Waals surface area contributed by atoms with Gasteiger partial charge in [0.2, 0.25) is 5.91 Å². The fourth-order valence-electron chi connectivity index (χ4n) is 2.68. The summed E-state index contributed by atoms with van der Waals surface area (Å²) in [7, 11) is 3.30. The number of aliphatic hydroxyl groups is 3. The minimum atomic E-state index is -1.45. The van der Waals surface area contributed by atoms with E-state index in [1.807, 2.05) is 0 Å². The second-order valence-corrected chi connectivity index (χ2v) is 5.86. The van der Waals surface area contributed by atoms with Crippen LogP contribution in [-0.4, -0.2) is 100 Å². The molecule has 0 spiro atoms. The molecule has 0 bridgehead atoms. The highest BCUT2D eigenvalue weighted by Crippen LogP contribution is 2.27. The average Bonchev–Trinajstić information content (AvgIpc) is 3.02. The molecule has 0 aliphatic carbocycles. The van der Waals surface area contributed by atoms with Crippen molar-refractivity contribution in [3.63, 3.8) is 0 Å². The van der Waals surface area contributed by atoms with Gasteiger partial charge >= 0.3 is 0 Å². The first-order valence-electron chi connectivity index (χ1n) is 7.11. The summed E-state index contributed by atoms with van der Waals surface area (Å²) in [5, 5.41) is 31.7. The van der Waals surface area contributed by atoms with Gasteiger partial charge in [0.15, 0.2) is 17.8 Å². The Bertz CT molecular complexity index is 580. The van der Waals surface area contributed by atoms with E-state index in [0.717, 1.165) is 0 Å². The van der Waals surface area contributed by atoms with E-state index in [-0.39, 0.29) is 18.2 Å². The third-order valence-electron chi connectivity index (χ3n) is 4.16. The number of nitrogens with zero attached hydrogens (tertiary/aromatic N) is 4. The molecule has 3 aliphatic rings. The number of fused-ring (bicyclic) bond motifs is 1. The molecular formula is C12H20N6O5. The third-order valence-corrected chi connectivity index (χ3v) is 4.16. The predicted octanol–water partition coefficient (Wildman–Crippen LogP) is -4.20. The summed E-state index contributed by atoms with van der Waals surface area (Å²) in [5.74, 6) is -1.76. The lowest BCUT2D eigenvalue weighted by Gasteiger charge is -2.38. The Morgan fingerprint density at radius 3 is 2.74 bits per heavy atom. The number of amides is 1. The molecule has 11 nitrogen and oxygen atoms in total. The minimum absolute atomic E-state index is 0.0255. The van der Waals surface area contributed by atoms with E-state index in [4.69, 9.17) is 10.5 Å². The van der Waals surface area contributed by atoms with Crippen LogP contribution in [0.5, 0.6) is 0 Å². The highest BCUT2D eigenvalue weighted by atomic mass is 16.6. The van der Waals surface area contributed by atoms with E-state index in [1.54, 1.807) is 14.1 Å². The Balaban J connectivity index is 1.92. The van der Waals surface area contributed by atoms with Gasteiger partial charge in [0.05, 0.1) is 6.61 Å². The number of nitrogens with one attached hydrogen (secondary N) is 1. The molecule has 23 heavy (non-hydrogen) atoms. The zero-order chi connectivity index (χ0) is 16.9. The first-order valence-corrected chi connectivity index (χ1v) is 7.11. The van der Waals surface area contributed by atoms with Crippen molar-refractivity contribution in [2.75, 3.05) is 27.4 Å². The van der Waals surface area contributed by atoms with Crippen LogP contribution in [0.4, 0.5) is 0 Å². The minimum Gasteiger partial charge on any atom is -0.394 e. The summed E-state index contributed by atoms with van der Waals surface area (Å²) >= 11 is 0. The lowest BCUT2D eigenvalue weighted by Crippen LogP contribution is -2.69. The molecule has 128 valence electrons. The number of nitrogens with two attached hydrogens (primary N) is 1. The van der Waals surface area contributed by atoms with Crippen molar-refractivity contribution < 1.29 is 24.9 Å². The van der Waals surface area contributed by atoms with Gasteiger partial charge in [-0.1, -0.05) is 0 Å². The maximum absolute atomic E-state index is 12.2. The lowest BCUT2D eigenvalue weighted by molar-refractivity contribution is -0.118. The van der Waals surface area contributed by atoms with Crippen LogP contribution in [0.2, 0.25) is 0 Å². The Kier molecular flexibility index (Phi) is 3.86. The highest BCUT2D eigenvalue weighted by Gasteiger charge is 2.50. The fraction of sp³-hybridized carbons (Fsp3) is 0.750. The zero-order valence-corrected chi connectivity index (χ0v) is 12.7. The molecule has 0 radical (unpaired) electrons. The van der Waals surface area contributed by atoms with Crippen LogP contribution < -0.4 is 11.1 Å². The second-order valence-electron chi connectivity index (χ2n) is 5.86.